The van der Waals surface area contributed by atoms with Crippen LogP contribution in [0, 0.1) is 36.0 Å². The molecule has 4 heterocycles. The Morgan fingerprint density at radius 3 is 2.54 bits per heavy atom. The average Bonchev–Trinajstić information content (AvgIpc) is 3.79. The van der Waals surface area contributed by atoms with Gasteiger partial charge in [0, 0.05) is 47.3 Å². The number of anilines is 1. The van der Waals surface area contributed by atoms with Crippen LogP contribution in [0.2, 0.25) is 5.02 Å². The van der Waals surface area contributed by atoms with Crippen molar-refractivity contribution >= 4 is 68.4 Å². The number of aliphatic carboxylic acids is 1. The van der Waals surface area contributed by atoms with E-state index in [1.165, 1.54) is 16.0 Å². The van der Waals surface area contributed by atoms with Gasteiger partial charge in [0.1, 0.15) is 23.0 Å². The third kappa shape index (κ3) is 5.78. The highest BCUT2D eigenvalue weighted by Gasteiger charge is 2.68. The first kappa shape index (κ1) is 37.7. The first-order chi connectivity index (χ1) is 26.4. The van der Waals surface area contributed by atoms with E-state index in [2.05, 4.69) is 9.84 Å². The van der Waals surface area contributed by atoms with Gasteiger partial charge < -0.3 is 14.9 Å². The molecule has 4 amide bonds. The molecule has 8 rings (SSSR count). The van der Waals surface area contributed by atoms with Crippen LogP contribution < -0.4 is 9.64 Å². The lowest BCUT2D eigenvalue weighted by Crippen LogP contribution is -2.49. The number of likely N-dealkylation sites (tertiary alicyclic amines) is 1. The highest BCUT2D eigenvalue weighted by Crippen LogP contribution is 2.64. The van der Waals surface area contributed by atoms with Crippen LogP contribution in [0.1, 0.15) is 49.7 Å². The first-order valence-corrected chi connectivity index (χ1v) is 19.1. The number of carbonyl (C=O) groups excluding carboxylic acids is 4. The largest absolute Gasteiger partial charge is 0.573 e. The molecule has 0 radical (unpaired) electrons. The summed E-state index contributed by atoms with van der Waals surface area (Å²) in [6.07, 6.45) is -3.63. The van der Waals surface area contributed by atoms with E-state index in [1.54, 1.807) is 32.2 Å². The molecule has 4 aromatic rings. The standard InChI is InChI=1S/C39H34ClF3N4O8S/c1-17-22-13-18(40)6-11-28(22)56-33(17)26-16-29(45(3)44-26)47-35(52)25-15-23-20(8-9-21-31(23)36(53)46(34(21)51)12-4-5-30(49)50)32(38(25,2)37(47)54)24-14-19(7-10-27(24)48)55-39(41,42)43/h6-8,10-11,13-14,16,21,23,25,31-32,48H,4-5,9,12,15H2,1-3H3,(H,49,50). The number of halogens is 4. The van der Waals surface area contributed by atoms with E-state index >= 15 is 4.79 Å². The van der Waals surface area contributed by atoms with Crippen molar-refractivity contribution in [3.05, 3.63) is 70.3 Å². The van der Waals surface area contributed by atoms with E-state index < -0.39 is 82.5 Å². The van der Waals surface area contributed by atoms with Gasteiger partial charge in [-0.15, -0.1) is 24.5 Å². The number of ether oxygens (including phenoxy) is 1. The van der Waals surface area contributed by atoms with Crippen molar-refractivity contribution in [2.45, 2.75) is 51.8 Å². The van der Waals surface area contributed by atoms with Gasteiger partial charge in [-0.1, -0.05) is 23.3 Å². The molecule has 2 aromatic heterocycles. The third-order valence-electron chi connectivity index (χ3n) is 11.9. The summed E-state index contributed by atoms with van der Waals surface area (Å²) in [4.78, 5) is 71.5. The molecule has 0 bridgehead atoms. The number of carbonyl (C=O) groups is 5. The highest BCUT2D eigenvalue weighted by molar-refractivity contribution is 7.22. The van der Waals surface area contributed by atoms with Crippen LogP contribution in [0.4, 0.5) is 19.0 Å². The molecule has 4 aliphatic rings. The number of aromatic hydroxyl groups is 1. The molecule has 6 atom stereocenters. The maximum atomic E-state index is 15.0. The van der Waals surface area contributed by atoms with E-state index in [1.807, 2.05) is 19.1 Å². The summed E-state index contributed by atoms with van der Waals surface area (Å²) in [5.74, 6) is -9.42. The molecule has 292 valence electrons. The minimum Gasteiger partial charge on any atom is -0.508 e. The van der Waals surface area contributed by atoms with Gasteiger partial charge in [-0.25, -0.2) is 4.90 Å². The number of alkyl halides is 3. The maximum absolute atomic E-state index is 15.0. The maximum Gasteiger partial charge on any atom is 0.573 e. The molecule has 56 heavy (non-hydrogen) atoms. The highest BCUT2D eigenvalue weighted by atomic mass is 35.5. The van der Waals surface area contributed by atoms with Crippen molar-refractivity contribution in [3.63, 3.8) is 0 Å². The number of hydrogen-bond acceptors (Lipinski definition) is 9. The number of benzene rings is 2. The summed E-state index contributed by atoms with van der Waals surface area (Å²) in [7, 11) is 1.58. The number of rotatable bonds is 8. The average molecular weight is 811 g/mol. The lowest BCUT2D eigenvalue weighted by molar-refractivity contribution is -0.274. The first-order valence-electron chi connectivity index (χ1n) is 17.9. The zero-order valence-corrected chi connectivity index (χ0v) is 31.7. The van der Waals surface area contributed by atoms with Gasteiger partial charge in [-0.05, 0) is 86.4 Å². The molecule has 3 fully saturated rings. The molecular weight excluding hydrogens is 777 g/mol. The number of fused-ring (bicyclic) bond motifs is 5. The lowest BCUT2D eigenvalue weighted by Gasteiger charge is -2.49. The lowest BCUT2D eigenvalue weighted by atomic mass is 9.51. The Balaban J connectivity index is 1.24. The van der Waals surface area contributed by atoms with Gasteiger partial charge in [0.15, 0.2) is 0 Å². The Morgan fingerprint density at radius 2 is 1.82 bits per heavy atom. The number of amides is 4. The minimum atomic E-state index is -5.08. The number of aryl methyl sites for hydroxylation is 2. The van der Waals surface area contributed by atoms with Crippen molar-refractivity contribution in [3.8, 4) is 22.1 Å². The van der Waals surface area contributed by atoms with E-state index in [0.29, 0.717) is 16.3 Å². The van der Waals surface area contributed by atoms with Gasteiger partial charge in [-0.2, -0.15) is 5.10 Å². The summed E-state index contributed by atoms with van der Waals surface area (Å²) in [6, 6.07) is 10.1. The number of imide groups is 2. The summed E-state index contributed by atoms with van der Waals surface area (Å²) in [5, 5.41) is 26.6. The van der Waals surface area contributed by atoms with Crippen molar-refractivity contribution in [2.24, 2.45) is 36.1 Å². The number of phenolic OH excluding ortho intramolecular Hbond substituents is 1. The van der Waals surface area contributed by atoms with E-state index in [-0.39, 0.29) is 43.6 Å². The Hall–Kier alpha value is -5.22. The second-order valence-corrected chi connectivity index (χ2v) is 16.5. The SMILES string of the molecule is Cc1c(-c2cc(N3C(=O)C4CC5C(=CCC6C(=O)N(CCCC(=O)O)C(=O)C65)C(c5cc(OC(F)(F)F)ccc5O)C4(C)C3=O)n(C)n2)sc2ccc(Cl)cc12. The van der Waals surface area contributed by atoms with Gasteiger partial charge in [-0.3, -0.25) is 33.6 Å². The molecular formula is C39H34ClF3N4O8S. The van der Waals surface area contributed by atoms with Crippen molar-refractivity contribution in [2.75, 3.05) is 11.4 Å². The number of thiophene rings is 1. The Kier molecular flexibility index (Phi) is 8.87. The zero-order chi connectivity index (χ0) is 40.2. The fraction of sp³-hybridized carbons (Fsp3) is 0.385. The summed E-state index contributed by atoms with van der Waals surface area (Å²) >= 11 is 7.73. The Bertz CT molecular complexity index is 2430. The molecule has 2 N–H and O–H groups in total. The molecule has 2 aliphatic carbocycles. The van der Waals surface area contributed by atoms with Gasteiger partial charge >= 0.3 is 12.3 Å². The molecule has 2 saturated heterocycles. The van der Waals surface area contributed by atoms with Crippen molar-refractivity contribution in [1.29, 1.82) is 0 Å². The topological polar surface area (TPSA) is 159 Å². The molecule has 2 aliphatic heterocycles. The molecule has 6 unspecified atom stereocenters. The molecule has 12 nitrogen and oxygen atoms in total. The number of nitrogens with zero attached hydrogens (tertiary/aromatic N) is 4. The number of carboxylic acid groups (broad SMARTS) is 1. The van der Waals surface area contributed by atoms with Crippen LogP contribution in [0.15, 0.2) is 54.1 Å². The smallest absolute Gasteiger partial charge is 0.508 e. The Labute approximate surface area is 326 Å². The van der Waals surface area contributed by atoms with Crippen molar-refractivity contribution < 1.29 is 52.1 Å². The predicted molar refractivity (Wildman–Crippen MR) is 197 cm³/mol. The third-order valence-corrected chi connectivity index (χ3v) is 13.4. The van der Waals surface area contributed by atoms with Crippen LogP contribution in [-0.4, -0.2) is 67.4 Å². The van der Waals surface area contributed by atoms with Crippen LogP contribution in [0.5, 0.6) is 11.5 Å². The van der Waals surface area contributed by atoms with Crippen LogP contribution in [0.25, 0.3) is 20.7 Å². The fourth-order valence-corrected chi connectivity index (χ4v) is 10.7. The fourth-order valence-electron chi connectivity index (χ4n) is 9.43. The number of carboxylic acids is 1. The van der Waals surface area contributed by atoms with Crippen LogP contribution in [0.3, 0.4) is 0 Å². The summed E-state index contributed by atoms with van der Waals surface area (Å²) in [5.41, 5.74) is 0.0126. The van der Waals surface area contributed by atoms with Crippen LogP contribution >= 0.6 is 22.9 Å². The summed E-state index contributed by atoms with van der Waals surface area (Å²) < 4.78 is 47.0. The predicted octanol–water partition coefficient (Wildman–Crippen LogP) is 6.96. The zero-order valence-electron chi connectivity index (χ0n) is 30.1. The molecule has 2 aromatic carbocycles. The second-order valence-electron chi connectivity index (χ2n) is 15.0. The Morgan fingerprint density at radius 1 is 1.07 bits per heavy atom. The number of aromatic nitrogens is 2. The number of hydrogen-bond donors (Lipinski definition) is 2. The molecule has 0 spiro atoms. The summed E-state index contributed by atoms with van der Waals surface area (Å²) in [6.45, 7) is 3.33. The normalized spacial score (nSPS) is 26.1. The number of allylic oxidation sites excluding steroid dienone is 2. The van der Waals surface area contributed by atoms with Gasteiger partial charge in [0.25, 0.3) is 0 Å². The van der Waals surface area contributed by atoms with Crippen molar-refractivity contribution in [1.82, 2.24) is 14.7 Å². The minimum absolute atomic E-state index is 0.0315. The quantitative estimate of drug-likeness (QED) is 0.142. The number of phenols is 1. The van der Waals surface area contributed by atoms with E-state index in [0.717, 1.165) is 48.5 Å². The molecule has 17 heteroatoms. The van der Waals surface area contributed by atoms with Crippen LogP contribution in [-0.2, 0) is 31.0 Å². The van der Waals surface area contributed by atoms with Gasteiger partial charge in [0.2, 0.25) is 23.6 Å². The second kappa shape index (κ2) is 13.2. The molecule has 1 saturated carbocycles. The van der Waals surface area contributed by atoms with E-state index in [9.17, 15) is 37.5 Å². The van der Waals surface area contributed by atoms with E-state index in [4.69, 9.17) is 16.7 Å². The van der Waals surface area contributed by atoms with Gasteiger partial charge in [0.05, 0.1) is 28.0 Å². The monoisotopic (exact) mass is 810 g/mol.